The van der Waals surface area contributed by atoms with E-state index < -0.39 is 17.7 Å². The summed E-state index contributed by atoms with van der Waals surface area (Å²) in [4.78, 5) is 36.1. The molecule has 8 heteroatoms. The first-order chi connectivity index (χ1) is 9.96. The number of hydrogen-bond donors (Lipinski definition) is 1. The van der Waals surface area contributed by atoms with Crippen LogP contribution in [0.3, 0.4) is 0 Å². The van der Waals surface area contributed by atoms with Crippen molar-refractivity contribution in [1.29, 1.82) is 0 Å². The van der Waals surface area contributed by atoms with Crippen molar-refractivity contribution in [3.05, 3.63) is 22.7 Å². The maximum absolute atomic E-state index is 12.3. The SMILES string of the molecule is COc1cc(C(=O)N2CC(=O)NC(=O)C2)cc(Cl)c1OC. The fourth-order valence-corrected chi connectivity index (χ4v) is 2.29. The van der Waals surface area contributed by atoms with Crippen LogP contribution in [0.25, 0.3) is 0 Å². The molecular weight excluding hydrogens is 300 g/mol. The van der Waals surface area contributed by atoms with Crippen molar-refractivity contribution in [3.8, 4) is 11.5 Å². The number of halogens is 1. The average molecular weight is 313 g/mol. The Balaban J connectivity index is 2.33. The van der Waals surface area contributed by atoms with Crippen LogP contribution in [0.5, 0.6) is 11.5 Å². The molecule has 2 rings (SSSR count). The number of carbonyl (C=O) groups is 3. The van der Waals surface area contributed by atoms with Gasteiger partial charge in [0.05, 0.1) is 19.2 Å². The molecule has 0 spiro atoms. The van der Waals surface area contributed by atoms with E-state index in [1.807, 2.05) is 0 Å². The number of nitrogens with one attached hydrogen (secondary N) is 1. The Hall–Kier alpha value is -2.28. The van der Waals surface area contributed by atoms with E-state index in [4.69, 9.17) is 21.1 Å². The van der Waals surface area contributed by atoms with Crippen molar-refractivity contribution >= 4 is 29.3 Å². The zero-order chi connectivity index (χ0) is 15.6. The molecular formula is C13H13ClN2O5. The average Bonchev–Trinajstić information content (AvgIpc) is 2.44. The third-order valence-electron chi connectivity index (χ3n) is 2.92. The molecule has 0 aliphatic carbocycles. The molecule has 1 aliphatic heterocycles. The second-order valence-corrected chi connectivity index (χ2v) is 4.73. The summed E-state index contributed by atoms with van der Waals surface area (Å²) in [6.45, 7) is -0.368. The number of amides is 3. The standard InChI is InChI=1S/C13H13ClN2O5/c1-20-9-4-7(3-8(14)12(9)21-2)13(19)16-5-10(17)15-11(18)6-16/h3-4H,5-6H2,1-2H3,(H,15,17,18). The molecule has 0 aromatic heterocycles. The minimum absolute atomic E-state index is 0.184. The van der Waals surface area contributed by atoms with Crippen molar-refractivity contribution in [2.45, 2.75) is 0 Å². The van der Waals surface area contributed by atoms with Crippen LogP contribution in [-0.2, 0) is 9.59 Å². The van der Waals surface area contributed by atoms with Gasteiger partial charge in [-0.05, 0) is 12.1 Å². The summed E-state index contributed by atoms with van der Waals surface area (Å²) in [5.74, 6) is -0.928. The van der Waals surface area contributed by atoms with E-state index in [-0.39, 0.29) is 23.7 Å². The first-order valence-corrected chi connectivity index (χ1v) is 6.37. The largest absolute Gasteiger partial charge is 0.493 e. The molecule has 3 amide bonds. The lowest BCUT2D eigenvalue weighted by Gasteiger charge is -2.25. The molecule has 1 aromatic rings. The maximum Gasteiger partial charge on any atom is 0.254 e. The second-order valence-electron chi connectivity index (χ2n) is 4.33. The number of imide groups is 1. The van der Waals surface area contributed by atoms with Gasteiger partial charge < -0.3 is 14.4 Å². The molecule has 0 saturated carbocycles. The highest BCUT2D eigenvalue weighted by Crippen LogP contribution is 2.36. The van der Waals surface area contributed by atoms with E-state index in [1.165, 1.54) is 26.4 Å². The molecule has 0 bridgehead atoms. The van der Waals surface area contributed by atoms with Gasteiger partial charge in [-0.3, -0.25) is 19.7 Å². The van der Waals surface area contributed by atoms with Crippen LogP contribution < -0.4 is 14.8 Å². The van der Waals surface area contributed by atoms with Crippen molar-refractivity contribution in [2.75, 3.05) is 27.3 Å². The lowest BCUT2D eigenvalue weighted by Crippen LogP contribution is -2.53. The topological polar surface area (TPSA) is 84.9 Å². The van der Waals surface area contributed by atoms with Crippen LogP contribution in [0, 0.1) is 0 Å². The Labute approximate surface area is 125 Å². The zero-order valence-corrected chi connectivity index (χ0v) is 12.2. The Morgan fingerprint density at radius 2 is 1.81 bits per heavy atom. The number of benzene rings is 1. The summed E-state index contributed by atoms with van der Waals surface area (Å²) in [5.41, 5.74) is 0.208. The van der Waals surface area contributed by atoms with Crippen molar-refractivity contribution < 1.29 is 23.9 Å². The predicted octanol–water partition coefficient (Wildman–Crippen LogP) is 0.456. The summed E-state index contributed by atoms with van der Waals surface area (Å²) in [5, 5.41) is 2.33. The maximum atomic E-state index is 12.3. The van der Waals surface area contributed by atoms with Crippen LogP contribution >= 0.6 is 11.6 Å². The normalized spacial score (nSPS) is 14.7. The molecule has 21 heavy (non-hydrogen) atoms. The molecule has 1 aliphatic rings. The molecule has 0 unspecified atom stereocenters. The molecule has 112 valence electrons. The van der Waals surface area contributed by atoms with E-state index in [0.29, 0.717) is 11.5 Å². The minimum atomic E-state index is -0.522. The molecule has 0 atom stereocenters. The van der Waals surface area contributed by atoms with Gasteiger partial charge in [0.25, 0.3) is 5.91 Å². The van der Waals surface area contributed by atoms with Gasteiger partial charge >= 0.3 is 0 Å². The third kappa shape index (κ3) is 3.08. The van der Waals surface area contributed by atoms with Crippen molar-refractivity contribution in [3.63, 3.8) is 0 Å². The van der Waals surface area contributed by atoms with E-state index in [2.05, 4.69) is 5.32 Å². The van der Waals surface area contributed by atoms with E-state index in [9.17, 15) is 14.4 Å². The highest BCUT2D eigenvalue weighted by molar-refractivity contribution is 6.32. The molecule has 7 nitrogen and oxygen atoms in total. The number of piperazine rings is 1. The van der Waals surface area contributed by atoms with E-state index in [1.54, 1.807) is 0 Å². The van der Waals surface area contributed by atoms with Gasteiger partial charge in [-0.25, -0.2) is 0 Å². The van der Waals surface area contributed by atoms with Gasteiger partial charge in [0.15, 0.2) is 11.5 Å². The molecule has 1 heterocycles. The van der Waals surface area contributed by atoms with Gasteiger partial charge in [0.1, 0.15) is 13.1 Å². The summed E-state index contributed by atoms with van der Waals surface area (Å²) in [6.07, 6.45) is 0. The predicted molar refractivity (Wildman–Crippen MR) is 73.6 cm³/mol. The third-order valence-corrected chi connectivity index (χ3v) is 3.20. The number of nitrogens with zero attached hydrogens (tertiary/aromatic N) is 1. The molecule has 1 saturated heterocycles. The highest BCUT2D eigenvalue weighted by Gasteiger charge is 2.28. The van der Waals surface area contributed by atoms with Gasteiger partial charge in [-0.2, -0.15) is 0 Å². The van der Waals surface area contributed by atoms with Crippen LogP contribution in [0.2, 0.25) is 5.02 Å². The van der Waals surface area contributed by atoms with Crippen molar-refractivity contribution in [1.82, 2.24) is 10.2 Å². The van der Waals surface area contributed by atoms with E-state index >= 15 is 0 Å². The number of rotatable bonds is 3. The Morgan fingerprint density at radius 3 is 2.33 bits per heavy atom. The lowest BCUT2D eigenvalue weighted by atomic mass is 10.1. The minimum Gasteiger partial charge on any atom is -0.493 e. The number of carbonyl (C=O) groups excluding carboxylic acids is 3. The van der Waals surface area contributed by atoms with Crippen molar-refractivity contribution in [2.24, 2.45) is 0 Å². The molecule has 0 radical (unpaired) electrons. The Kier molecular flexibility index (Phi) is 4.32. The summed E-state index contributed by atoms with van der Waals surface area (Å²) < 4.78 is 10.2. The number of ether oxygens (including phenoxy) is 2. The van der Waals surface area contributed by atoms with Crippen LogP contribution in [-0.4, -0.2) is 49.9 Å². The summed E-state index contributed by atoms with van der Waals surface area (Å²) in [6, 6.07) is 2.85. The van der Waals surface area contributed by atoms with Gasteiger partial charge in [0.2, 0.25) is 11.8 Å². The van der Waals surface area contributed by atoms with Gasteiger partial charge in [-0.15, -0.1) is 0 Å². The highest BCUT2D eigenvalue weighted by atomic mass is 35.5. The van der Waals surface area contributed by atoms with Gasteiger partial charge in [0, 0.05) is 5.56 Å². The quantitative estimate of drug-likeness (QED) is 0.819. The fourth-order valence-electron chi connectivity index (χ4n) is 2.00. The first kappa shape index (κ1) is 15.1. The van der Waals surface area contributed by atoms with Gasteiger partial charge in [-0.1, -0.05) is 11.6 Å². The van der Waals surface area contributed by atoms with E-state index in [0.717, 1.165) is 4.90 Å². The second kappa shape index (κ2) is 6.01. The Morgan fingerprint density at radius 1 is 1.19 bits per heavy atom. The fraction of sp³-hybridized carbons (Fsp3) is 0.308. The monoisotopic (exact) mass is 312 g/mol. The van der Waals surface area contributed by atoms with Crippen LogP contribution in [0.1, 0.15) is 10.4 Å². The Bertz CT molecular complexity index is 601. The van der Waals surface area contributed by atoms with Crippen LogP contribution in [0.15, 0.2) is 12.1 Å². The van der Waals surface area contributed by atoms with Crippen LogP contribution in [0.4, 0.5) is 0 Å². The molecule has 1 aromatic carbocycles. The zero-order valence-electron chi connectivity index (χ0n) is 11.4. The number of hydrogen-bond acceptors (Lipinski definition) is 5. The summed E-state index contributed by atoms with van der Waals surface area (Å²) >= 11 is 6.03. The molecule has 1 fully saturated rings. The molecule has 1 N–H and O–H groups in total. The lowest BCUT2D eigenvalue weighted by molar-refractivity contribution is -0.135. The number of methoxy groups -OCH3 is 2. The smallest absolute Gasteiger partial charge is 0.254 e. The first-order valence-electron chi connectivity index (χ1n) is 5.99. The summed E-state index contributed by atoms with van der Waals surface area (Å²) in [7, 11) is 2.85.